The van der Waals surface area contributed by atoms with Gasteiger partial charge in [-0.3, -0.25) is 4.68 Å². The number of hydrogen-bond donors (Lipinski definition) is 0. The Morgan fingerprint density at radius 3 is 2.29 bits per heavy atom. The first-order valence-corrected chi connectivity index (χ1v) is 8.83. The first kappa shape index (κ1) is 18.4. The largest absolute Gasteiger partial charge is 0.497 e. The van der Waals surface area contributed by atoms with Crippen molar-refractivity contribution in [2.24, 2.45) is 0 Å². The quantitative estimate of drug-likeness (QED) is 0.607. The summed E-state index contributed by atoms with van der Waals surface area (Å²) >= 11 is 0. The minimum absolute atomic E-state index is 0.456. The first-order chi connectivity index (χ1) is 11.5. The van der Waals surface area contributed by atoms with Gasteiger partial charge in [0, 0.05) is 18.8 Å². The number of rotatable bonds is 9. The fourth-order valence-electron chi connectivity index (χ4n) is 2.49. The van der Waals surface area contributed by atoms with Crippen LogP contribution in [0.5, 0.6) is 11.5 Å². The number of ether oxygens (including phenoxy) is 2. The molecule has 1 heterocycles. The monoisotopic (exact) mass is 330 g/mol. The summed E-state index contributed by atoms with van der Waals surface area (Å²) in [4.78, 5) is 0. The molecule has 0 radical (unpaired) electrons. The van der Waals surface area contributed by atoms with Crippen LogP contribution in [0.3, 0.4) is 0 Å². The minimum Gasteiger partial charge on any atom is -0.497 e. The Balaban J connectivity index is 1.78. The van der Waals surface area contributed by atoms with Gasteiger partial charge in [0.25, 0.3) is 0 Å². The van der Waals surface area contributed by atoms with Gasteiger partial charge in [-0.2, -0.15) is 5.10 Å². The molecule has 24 heavy (non-hydrogen) atoms. The fourth-order valence-corrected chi connectivity index (χ4v) is 2.49. The molecule has 4 heteroatoms. The van der Waals surface area contributed by atoms with Crippen LogP contribution < -0.4 is 9.47 Å². The molecule has 4 nitrogen and oxygen atoms in total. The number of methoxy groups -OCH3 is 1. The van der Waals surface area contributed by atoms with Crippen LogP contribution in [0, 0.1) is 0 Å². The SMILES string of the molecule is COc1cc(OCCCCn2cc(C(C)C)cn2)cc(C(C)C)c1. The number of unbranched alkanes of at least 4 members (excludes halogenated alkanes) is 1. The molecule has 0 saturated heterocycles. The molecule has 0 fully saturated rings. The van der Waals surface area contributed by atoms with Gasteiger partial charge in [-0.25, -0.2) is 0 Å². The third kappa shape index (κ3) is 5.29. The van der Waals surface area contributed by atoms with E-state index in [-0.39, 0.29) is 0 Å². The lowest BCUT2D eigenvalue weighted by Crippen LogP contribution is -2.03. The number of nitrogens with zero attached hydrogens (tertiary/aromatic N) is 2. The van der Waals surface area contributed by atoms with Crippen LogP contribution in [0.1, 0.15) is 63.5 Å². The van der Waals surface area contributed by atoms with Crippen LogP contribution in [-0.2, 0) is 6.54 Å². The van der Waals surface area contributed by atoms with Crippen LogP contribution in [0.2, 0.25) is 0 Å². The zero-order valence-corrected chi connectivity index (χ0v) is 15.6. The molecule has 1 aromatic carbocycles. The molecule has 0 saturated carbocycles. The first-order valence-electron chi connectivity index (χ1n) is 8.83. The lowest BCUT2D eigenvalue weighted by Gasteiger charge is -2.12. The van der Waals surface area contributed by atoms with E-state index < -0.39 is 0 Å². The van der Waals surface area contributed by atoms with Crippen molar-refractivity contribution < 1.29 is 9.47 Å². The Bertz CT molecular complexity index is 632. The van der Waals surface area contributed by atoms with E-state index in [0.29, 0.717) is 18.4 Å². The van der Waals surface area contributed by atoms with Gasteiger partial charge in [-0.15, -0.1) is 0 Å². The van der Waals surface area contributed by atoms with Gasteiger partial charge >= 0.3 is 0 Å². The second-order valence-corrected chi connectivity index (χ2v) is 6.84. The third-order valence-electron chi connectivity index (χ3n) is 4.17. The van der Waals surface area contributed by atoms with Crippen LogP contribution >= 0.6 is 0 Å². The number of aryl methyl sites for hydroxylation is 1. The molecule has 2 rings (SSSR count). The molecule has 0 spiro atoms. The summed E-state index contributed by atoms with van der Waals surface area (Å²) in [6.07, 6.45) is 6.17. The summed E-state index contributed by atoms with van der Waals surface area (Å²) in [5.41, 5.74) is 2.53. The molecule has 0 unspecified atom stereocenters. The van der Waals surface area contributed by atoms with Crippen molar-refractivity contribution in [3.63, 3.8) is 0 Å². The molecule has 1 aromatic heterocycles. The van der Waals surface area contributed by atoms with Crippen molar-refractivity contribution in [2.75, 3.05) is 13.7 Å². The maximum atomic E-state index is 5.91. The van der Waals surface area contributed by atoms with Crippen molar-refractivity contribution in [2.45, 2.75) is 58.9 Å². The molecule has 2 aromatic rings. The zero-order chi connectivity index (χ0) is 17.5. The van der Waals surface area contributed by atoms with Gasteiger partial charge < -0.3 is 9.47 Å². The highest BCUT2D eigenvalue weighted by Crippen LogP contribution is 2.27. The Hall–Kier alpha value is -1.97. The summed E-state index contributed by atoms with van der Waals surface area (Å²) in [5.74, 6) is 2.73. The molecular weight excluding hydrogens is 300 g/mol. The number of aromatic nitrogens is 2. The fraction of sp³-hybridized carbons (Fsp3) is 0.550. The third-order valence-corrected chi connectivity index (χ3v) is 4.17. The lowest BCUT2D eigenvalue weighted by atomic mass is 10.0. The highest BCUT2D eigenvalue weighted by atomic mass is 16.5. The summed E-state index contributed by atoms with van der Waals surface area (Å²) in [6, 6.07) is 6.13. The number of benzene rings is 1. The van der Waals surface area contributed by atoms with E-state index in [9.17, 15) is 0 Å². The maximum Gasteiger partial charge on any atom is 0.123 e. The van der Waals surface area contributed by atoms with E-state index in [1.807, 2.05) is 16.9 Å². The lowest BCUT2D eigenvalue weighted by molar-refractivity contribution is 0.299. The van der Waals surface area contributed by atoms with Crippen LogP contribution in [0.4, 0.5) is 0 Å². The zero-order valence-electron chi connectivity index (χ0n) is 15.6. The predicted molar refractivity (Wildman–Crippen MR) is 98.1 cm³/mol. The van der Waals surface area contributed by atoms with E-state index in [4.69, 9.17) is 9.47 Å². The molecular formula is C20H30N2O2. The topological polar surface area (TPSA) is 36.3 Å². The van der Waals surface area contributed by atoms with E-state index in [1.165, 1.54) is 11.1 Å². The molecule has 0 aliphatic rings. The molecule has 0 bridgehead atoms. The second-order valence-electron chi connectivity index (χ2n) is 6.84. The van der Waals surface area contributed by atoms with Gasteiger partial charge in [-0.1, -0.05) is 27.7 Å². The van der Waals surface area contributed by atoms with Gasteiger partial charge in [0.05, 0.1) is 19.9 Å². The van der Waals surface area contributed by atoms with E-state index in [1.54, 1.807) is 7.11 Å². The molecule has 0 aliphatic heterocycles. The van der Waals surface area contributed by atoms with E-state index >= 15 is 0 Å². The van der Waals surface area contributed by atoms with Crippen molar-refractivity contribution in [1.82, 2.24) is 9.78 Å². The second kappa shape index (κ2) is 8.76. The molecule has 0 atom stereocenters. The Morgan fingerprint density at radius 1 is 0.958 bits per heavy atom. The summed E-state index contributed by atoms with van der Waals surface area (Å²) < 4.78 is 13.3. The van der Waals surface area contributed by atoms with Crippen molar-refractivity contribution in [1.29, 1.82) is 0 Å². The Labute approximate surface area is 145 Å². The van der Waals surface area contributed by atoms with Gasteiger partial charge in [0.1, 0.15) is 11.5 Å². The smallest absolute Gasteiger partial charge is 0.123 e. The van der Waals surface area contributed by atoms with Crippen molar-refractivity contribution >= 4 is 0 Å². The maximum absolute atomic E-state index is 5.91. The summed E-state index contributed by atoms with van der Waals surface area (Å²) in [7, 11) is 1.69. The summed E-state index contributed by atoms with van der Waals surface area (Å²) in [5, 5.41) is 4.41. The molecule has 0 N–H and O–H groups in total. The van der Waals surface area contributed by atoms with Crippen molar-refractivity contribution in [3.05, 3.63) is 41.7 Å². The van der Waals surface area contributed by atoms with Crippen molar-refractivity contribution in [3.8, 4) is 11.5 Å². The Morgan fingerprint density at radius 2 is 1.67 bits per heavy atom. The minimum atomic E-state index is 0.456. The summed E-state index contributed by atoms with van der Waals surface area (Å²) in [6.45, 7) is 10.4. The molecule has 0 aliphatic carbocycles. The highest BCUT2D eigenvalue weighted by Gasteiger charge is 2.06. The standard InChI is InChI=1S/C20H30N2O2/c1-15(2)17-10-19(23-5)12-20(11-17)24-9-7-6-8-22-14-18(13-21-22)16(3)4/h10-16H,6-9H2,1-5H3. The highest BCUT2D eigenvalue weighted by molar-refractivity contribution is 5.39. The van der Waals surface area contributed by atoms with Crippen LogP contribution in [0.25, 0.3) is 0 Å². The number of hydrogen-bond acceptors (Lipinski definition) is 3. The Kier molecular flexibility index (Phi) is 6.71. The average molecular weight is 330 g/mol. The van der Waals surface area contributed by atoms with E-state index in [2.05, 4.69) is 51.1 Å². The van der Waals surface area contributed by atoms with Crippen LogP contribution in [-0.4, -0.2) is 23.5 Å². The van der Waals surface area contributed by atoms with Gasteiger partial charge in [0.2, 0.25) is 0 Å². The average Bonchev–Trinajstić information content (AvgIpc) is 3.03. The van der Waals surface area contributed by atoms with Crippen LogP contribution in [0.15, 0.2) is 30.6 Å². The van der Waals surface area contributed by atoms with E-state index in [0.717, 1.165) is 30.9 Å². The van der Waals surface area contributed by atoms with Gasteiger partial charge in [0.15, 0.2) is 0 Å². The normalized spacial score (nSPS) is 11.3. The van der Waals surface area contributed by atoms with Gasteiger partial charge in [-0.05, 0) is 47.9 Å². The predicted octanol–water partition coefficient (Wildman–Crippen LogP) is 5.00. The molecule has 132 valence electrons. The molecule has 0 amide bonds.